The second kappa shape index (κ2) is 7.45. The highest BCUT2D eigenvalue weighted by molar-refractivity contribution is 9.08. The summed E-state index contributed by atoms with van der Waals surface area (Å²) in [6.45, 7) is 4.64. The summed E-state index contributed by atoms with van der Waals surface area (Å²) in [5.74, 6) is 0. The van der Waals surface area contributed by atoms with Crippen LogP contribution in [0.1, 0.15) is 25.0 Å². The highest BCUT2D eigenvalue weighted by Crippen LogP contribution is 2.59. The summed E-state index contributed by atoms with van der Waals surface area (Å²) >= 11 is 3.40. The molecule has 0 bridgehead atoms. The summed E-state index contributed by atoms with van der Waals surface area (Å²) in [5, 5.41) is 0.837. The topological polar surface area (TPSA) is 38.7 Å². The first-order chi connectivity index (χ1) is 8.13. The van der Waals surface area contributed by atoms with Gasteiger partial charge in [0.2, 0.25) is 0 Å². The molecule has 0 aliphatic rings. The number of halogens is 1. The second-order valence-corrected chi connectivity index (χ2v) is 6.25. The van der Waals surface area contributed by atoms with Crippen molar-refractivity contribution in [1.29, 1.82) is 0 Å². The van der Waals surface area contributed by atoms with Gasteiger partial charge in [-0.2, -0.15) is 13.9 Å². The standard InChI is InChI=1S/C12H19BrO3P/c1-3-15-17(14,16-4-2)10-12-7-5-11(9-13)6-8-12/h5-8,14H,3-4,9-10H2,1-2H3/q+1. The van der Waals surface area contributed by atoms with Gasteiger partial charge in [0, 0.05) is 5.33 Å². The van der Waals surface area contributed by atoms with Crippen molar-refractivity contribution in [3.8, 4) is 0 Å². The van der Waals surface area contributed by atoms with Crippen molar-refractivity contribution in [2.75, 3.05) is 13.2 Å². The van der Waals surface area contributed by atoms with E-state index in [9.17, 15) is 4.89 Å². The zero-order valence-electron chi connectivity index (χ0n) is 10.2. The van der Waals surface area contributed by atoms with Crippen LogP contribution >= 0.6 is 23.9 Å². The van der Waals surface area contributed by atoms with Crippen molar-refractivity contribution in [3.63, 3.8) is 0 Å². The SMILES string of the molecule is CCO[P+](O)(Cc1ccc(CBr)cc1)OCC. The average molecular weight is 322 g/mol. The second-order valence-electron chi connectivity index (χ2n) is 3.58. The maximum absolute atomic E-state index is 10.2. The predicted molar refractivity (Wildman–Crippen MR) is 75.2 cm³/mol. The van der Waals surface area contributed by atoms with E-state index >= 15 is 0 Å². The lowest BCUT2D eigenvalue weighted by Crippen LogP contribution is -2.05. The molecule has 1 N–H and O–H groups in total. The minimum atomic E-state index is -2.73. The van der Waals surface area contributed by atoms with Gasteiger partial charge in [-0.05, 0) is 25.0 Å². The van der Waals surface area contributed by atoms with Crippen LogP contribution in [0.3, 0.4) is 0 Å². The third-order valence-corrected chi connectivity index (χ3v) is 4.96. The van der Waals surface area contributed by atoms with Crippen LogP contribution in [0.4, 0.5) is 0 Å². The first-order valence-electron chi connectivity index (χ1n) is 5.67. The van der Waals surface area contributed by atoms with Crippen molar-refractivity contribution >= 4 is 23.9 Å². The van der Waals surface area contributed by atoms with E-state index in [4.69, 9.17) is 9.05 Å². The fourth-order valence-electron chi connectivity index (χ4n) is 1.50. The van der Waals surface area contributed by atoms with Gasteiger partial charge in [-0.1, -0.05) is 40.2 Å². The molecule has 17 heavy (non-hydrogen) atoms. The molecule has 1 aromatic rings. The lowest BCUT2D eigenvalue weighted by atomic mass is 10.2. The summed E-state index contributed by atoms with van der Waals surface area (Å²) in [5.41, 5.74) is 2.25. The Hall–Kier alpha value is 0.01000. The summed E-state index contributed by atoms with van der Waals surface area (Å²) in [7, 11) is -2.73. The van der Waals surface area contributed by atoms with Crippen LogP contribution < -0.4 is 0 Å². The number of hydrogen-bond donors (Lipinski definition) is 1. The number of rotatable bonds is 7. The summed E-state index contributed by atoms with van der Waals surface area (Å²) in [6, 6.07) is 8.07. The van der Waals surface area contributed by atoms with E-state index < -0.39 is 7.94 Å². The maximum atomic E-state index is 10.2. The van der Waals surface area contributed by atoms with Crippen LogP contribution in [0.2, 0.25) is 0 Å². The lowest BCUT2D eigenvalue weighted by molar-refractivity contribution is 0.188. The first-order valence-corrected chi connectivity index (χ1v) is 8.55. The first kappa shape index (κ1) is 15.1. The van der Waals surface area contributed by atoms with Crippen LogP contribution in [-0.2, 0) is 20.5 Å². The van der Waals surface area contributed by atoms with Gasteiger partial charge >= 0.3 is 7.94 Å². The van der Waals surface area contributed by atoms with Crippen molar-refractivity contribution in [2.24, 2.45) is 0 Å². The normalized spacial score (nSPS) is 11.8. The van der Waals surface area contributed by atoms with Crippen LogP contribution in [-0.4, -0.2) is 18.1 Å². The van der Waals surface area contributed by atoms with Crippen molar-refractivity contribution in [1.82, 2.24) is 0 Å². The largest absolute Gasteiger partial charge is 0.413 e. The van der Waals surface area contributed by atoms with E-state index in [1.807, 2.05) is 38.1 Å². The highest BCUT2D eigenvalue weighted by atomic mass is 79.9. The van der Waals surface area contributed by atoms with Gasteiger partial charge in [-0.3, -0.25) is 0 Å². The average Bonchev–Trinajstić information content (AvgIpc) is 2.30. The maximum Gasteiger partial charge on any atom is 0.413 e. The molecule has 0 heterocycles. The van der Waals surface area contributed by atoms with Gasteiger partial charge < -0.3 is 0 Å². The monoisotopic (exact) mass is 321 g/mol. The van der Waals surface area contributed by atoms with Gasteiger partial charge in [0.05, 0.1) is 13.2 Å². The van der Waals surface area contributed by atoms with E-state index in [0.29, 0.717) is 19.4 Å². The van der Waals surface area contributed by atoms with Crippen LogP contribution in [0, 0.1) is 0 Å². The van der Waals surface area contributed by atoms with E-state index in [2.05, 4.69) is 15.9 Å². The fourth-order valence-corrected chi connectivity index (χ4v) is 3.61. The minimum absolute atomic E-state index is 0.442. The molecular weight excluding hydrogens is 303 g/mol. The molecule has 0 saturated heterocycles. The predicted octanol–water partition coefficient (Wildman–Crippen LogP) is 3.91. The Morgan fingerprint density at radius 2 is 1.53 bits per heavy atom. The molecule has 0 saturated carbocycles. The van der Waals surface area contributed by atoms with Gasteiger partial charge in [-0.15, -0.1) is 0 Å². The number of alkyl halides is 1. The van der Waals surface area contributed by atoms with E-state index in [0.717, 1.165) is 10.9 Å². The summed E-state index contributed by atoms with van der Waals surface area (Å²) in [6.07, 6.45) is 0.442. The molecule has 1 rings (SSSR count). The van der Waals surface area contributed by atoms with Crippen molar-refractivity contribution in [2.45, 2.75) is 25.3 Å². The molecule has 0 radical (unpaired) electrons. The Morgan fingerprint density at radius 3 is 1.94 bits per heavy atom. The number of benzene rings is 1. The van der Waals surface area contributed by atoms with Crippen molar-refractivity contribution in [3.05, 3.63) is 35.4 Å². The van der Waals surface area contributed by atoms with Gasteiger partial charge in [0.25, 0.3) is 0 Å². The molecule has 96 valence electrons. The Bertz CT molecular complexity index is 323. The van der Waals surface area contributed by atoms with Gasteiger partial charge in [0.15, 0.2) is 6.16 Å². The Balaban J connectivity index is 2.71. The van der Waals surface area contributed by atoms with E-state index in [1.54, 1.807) is 0 Å². The quantitative estimate of drug-likeness (QED) is 0.611. The van der Waals surface area contributed by atoms with Crippen LogP contribution in [0.25, 0.3) is 0 Å². The zero-order chi connectivity index (χ0) is 12.7. The third kappa shape index (κ3) is 5.02. The Kier molecular flexibility index (Phi) is 6.60. The molecular formula is C12H19BrO3P+. The fraction of sp³-hybridized carbons (Fsp3) is 0.500. The molecule has 0 aliphatic heterocycles. The lowest BCUT2D eigenvalue weighted by Gasteiger charge is -2.15. The smallest absolute Gasteiger partial charge is 0.192 e. The molecule has 0 unspecified atom stereocenters. The molecule has 0 aliphatic carbocycles. The molecule has 0 atom stereocenters. The number of hydrogen-bond acceptors (Lipinski definition) is 3. The molecule has 0 spiro atoms. The zero-order valence-corrected chi connectivity index (χ0v) is 12.7. The summed E-state index contributed by atoms with van der Waals surface area (Å²) < 4.78 is 10.7. The van der Waals surface area contributed by atoms with E-state index in [1.165, 1.54) is 5.56 Å². The van der Waals surface area contributed by atoms with Gasteiger partial charge in [-0.25, -0.2) is 0 Å². The molecule has 0 amide bonds. The van der Waals surface area contributed by atoms with E-state index in [-0.39, 0.29) is 0 Å². The van der Waals surface area contributed by atoms with Crippen LogP contribution in [0.5, 0.6) is 0 Å². The Morgan fingerprint density at radius 1 is 1.06 bits per heavy atom. The Labute approximate surface area is 112 Å². The molecule has 1 aromatic carbocycles. The molecule has 0 fully saturated rings. The van der Waals surface area contributed by atoms with Crippen molar-refractivity contribution < 1.29 is 13.9 Å². The summed E-state index contributed by atoms with van der Waals surface area (Å²) in [4.78, 5) is 10.2. The highest BCUT2D eigenvalue weighted by Gasteiger charge is 2.39. The van der Waals surface area contributed by atoms with Crippen LogP contribution in [0.15, 0.2) is 24.3 Å². The minimum Gasteiger partial charge on any atom is -0.192 e. The van der Waals surface area contributed by atoms with Gasteiger partial charge in [0.1, 0.15) is 0 Å². The molecule has 0 aromatic heterocycles. The molecule has 5 heteroatoms. The third-order valence-electron chi connectivity index (χ3n) is 2.22. The molecule has 3 nitrogen and oxygen atoms in total.